The predicted octanol–water partition coefficient (Wildman–Crippen LogP) is 3.43. The number of oxazole rings is 1. The van der Waals surface area contributed by atoms with Crippen molar-refractivity contribution < 1.29 is 14.3 Å². The Morgan fingerprint density at radius 1 is 1.17 bits per heavy atom. The third-order valence-electron chi connectivity index (χ3n) is 3.35. The van der Waals surface area contributed by atoms with E-state index in [0.29, 0.717) is 26.7 Å². The molecule has 0 bridgehead atoms. The van der Waals surface area contributed by atoms with E-state index in [4.69, 9.17) is 4.42 Å². The minimum atomic E-state index is -0.280. The highest BCUT2D eigenvalue weighted by Crippen LogP contribution is 2.30. The van der Waals surface area contributed by atoms with Gasteiger partial charge in [-0.05, 0) is 36.0 Å². The van der Waals surface area contributed by atoms with Crippen LogP contribution in [-0.4, -0.2) is 21.2 Å². The van der Waals surface area contributed by atoms with Crippen LogP contribution in [0.2, 0.25) is 0 Å². The number of thioether (sulfide) groups is 1. The van der Waals surface area contributed by atoms with Crippen LogP contribution in [0.25, 0.3) is 17.2 Å². The van der Waals surface area contributed by atoms with Gasteiger partial charge in [0, 0.05) is 5.56 Å². The summed E-state index contributed by atoms with van der Waals surface area (Å²) < 4.78 is 5.52. The Labute approximate surface area is 140 Å². The van der Waals surface area contributed by atoms with Crippen LogP contribution in [0.3, 0.4) is 0 Å². The molecule has 24 heavy (non-hydrogen) atoms. The molecule has 4 rings (SSSR count). The molecule has 2 aromatic carbocycles. The fourth-order valence-corrected chi connectivity index (χ4v) is 3.03. The highest BCUT2D eigenvalue weighted by Gasteiger charge is 2.24. The Bertz CT molecular complexity index is 974. The molecule has 1 aliphatic rings. The smallest absolute Gasteiger partial charge is 0.325 e. The molecule has 3 aromatic rings. The lowest BCUT2D eigenvalue weighted by molar-refractivity contribution is -0.115. The molecule has 1 aliphatic heterocycles. The van der Waals surface area contributed by atoms with Crippen LogP contribution in [0.15, 0.2) is 62.8 Å². The SMILES string of the molecule is O=C1N/C(=N\c2nc3ccccc3o2)S/C1=C\c1ccccc1O. The lowest BCUT2D eigenvalue weighted by atomic mass is 10.2. The largest absolute Gasteiger partial charge is 0.507 e. The molecule has 1 fully saturated rings. The van der Waals surface area contributed by atoms with Gasteiger partial charge in [0.1, 0.15) is 11.3 Å². The first-order valence-electron chi connectivity index (χ1n) is 7.12. The van der Waals surface area contributed by atoms with Crippen molar-refractivity contribution in [2.75, 3.05) is 0 Å². The molecule has 0 atom stereocenters. The van der Waals surface area contributed by atoms with Crippen LogP contribution >= 0.6 is 11.8 Å². The Kier molecular flexibility index (Phi) is 3.55. The molecule has 1 saturated heterocycles. The van der Waals surface area contributed by atoms with Gasteiger partial charge in [0.05, 0.1) is 4.91 Å². The summed E-state index contributed by atoms with van der Waals surface area (Å²) in [6.45, 7) is 0. The van der Waals surface area contributed by atoms with E-state index in [-0.39, 0.29) is 17.7 Å². The van der Waals surface area contributed by atoms with Crippen molar-refractivity contribution in [2.24, 2.45) is 4.99 Å². The average molecular weight is 337 g/mol. The molecule has 6 nitrogen and oxygen atoms in total. The van der Waals surface area contributed by atoms with Gasteiger partial charge in [-0.3, -0.25) is 4.79 Å². The number of aromatic hydroxyl groups is 1. The number of hydrogen-bond donors (Lipinski definition) is 2. The maximum Gasteiger partial charge on any atom is 0.325 e. The quantitative estimate of drug-likeness (QED) is 0.700. The fraction of sp³-hybridized carbons (Fsp3) is 0. The van der Waals surface area contributed by atoms with Crippen molar-refractivity contribution in [2.45, 2.75) is 0 Å². The number of fused-ring (bicyclic) bond motifs is 1. The lowest BCUT2D eigenvalue weighted by Gasteiger charge is -1.97. The van der Waals surface area contributed by atoms with Gasteiger partial charge in [-0.15, -0.1) is 0 Å². The number of phenols is 1. The Balaban J connectivity index is 1.62. The van der Waals surface area contributed by atoms with Crippen molar-refractivity contribution >= 4 is 46.0 Å². The molecule has 0 saturated carbocycles. The zero-order chi connectivity index (χ0) is 16.5. The highest BCUT2D eigenvalue weighted by atomic mass is 32.2. The van der Waals surface area contributed by atoms with Crippen molar-refractivity contribution in [1.29, 1.82) is 0 Å². The van der Waals surface area contributed by atoms with Crippen molar-refractivity contribution in [3.05, 3.63) is 59.0 Å². The summed E-state index contributed by atoms with van der Waals surface area (Å²) >= 11 is 1.17. The second-order valence-corrected chi connectivity index (χ2v) is 6.04. The summed E-state index contributed by atoms with van der Waals surface area (Å²) in [5, 5.41) is 12.8. The number of amidine groups is 1. The van der Waals surface area contributed by atoms with Crippen LogP contribution in [0.4, 0.5) is 6.01 Å². The zero-order valence-corrected chi connectivity index (χ0v) is 13.1. The molecule has 0 aliphatic carbocycles. The number of aliphatic imine (C=N–C) groups is 1. The molecular weight excluding hydrogens is 326 g/mol. The van der Waals surface area contributed by atoms with E-state index in [1.807, 2.05) is 18.2 Å². The molecular formula is C17H11N3O3S. The Morgan fingerprint density at radius 2 is 1.96 bits per heavy atom. The first kappa shape index (κ1) is 14.5. The minimum Gasteiger partial charge on any atom is -0.507 e. The third-order valence-corrected chi connectivity index (χ3v) is 4.26. The maximum atomic E-state index is 12.0. The molecule has 1 aromatic heterocycles. The van der Waals surface area contributed by atoms with Gasteiger partial charge in [-0.25, -0.2) is 0 Å². The molecule has 0 radical (unpaired) electrons. The van der Waals surface area contributed by atoms with Gasteiger partial charge < -0.3 is 14.8 Å². The Morgan fingerprint density at radius 3 is 2.79 bits per heavy atom. The van der Waals surface area contributed by atoms with Crippen molar-refractivity contribution in [3.63, 3.8) is 0 Å². The molecule has 0 unspecified atom stereocenters. The zero-order valence-electron chi connectivity index (χ0n) is 12.3. The molecule has 2 N–H and O–H groups in total. The van der Waals surface area contributed by atoms with Gasteiger partial charge in [0.15, 0.2) is 10.8 Å². The number of carbonyl (C=O) groups excluding carboxylic acids is 1. The monoisotopic (exact) mass is 337 g/mol. The lowest BCUT2D eigenvalue weighted by Crippen LogP contribution is -2.19. The number of nitrogens with one attached hydrogen (secondary N) is 1. The van der Waals surface area contributed by atoms with Crippen LogP contribution in [0.1, 0.15) is 5.56 Å². The number of phenolic OH excluding ortho intramolecular Hbond substituents is 1. The second-order valence-electron chi connectivity index (χ2n) is 5.00. The van der Waals surface area contributed by atoms with Crippen molar-refractivity contribution in [1.82, 2.24) is 10.3 Å². The normalized spacial score (nSPS) is 17.8. The van der Waals surface area contributed by atoms with E-state index in [1.165, 1.54) is 11.8 Å². The molecule has 2 heterocycles. The maximum absolute atomic E-state index is 12.0. The molecule has 0 spiro atoms. The first-order chi connectivity index (χ1) is 11.7. The fourth-order valence-electron chi connectivity index (χ4n) is 2.23. The minimum absolute atomic E-state index is 0.114. The number of amides is 1. The van der Waals surface area contributed by atoms with E-state index in [1.54, 1.807) is 36.4 Å². The molecule has 7 heteroatoms. The van der Waals surface area contributed by atoms with Gasteiger partial charge in [0.25, 0.3) is 5.91 Å². The summed E-state index contributed by atoms with van der Waals surface area (Å²) in [6.07, 6.45) is 1.61. The predicted molar refractivity (Wildman–Crippen MR) is 92.9 cm³/mol. The van der Waals surface area contributed by atoms with E-state index in [2.05, 4.69) is 15.3 Å². The second kappa shape index (κ2) is 5.86. The van der Waals surface area contributed by atoms with Gasteiger partial charge >= 0.3 is 6.01 Å². The van der Waals surface area contributed by atoms with Gasteiger partial charge in [0.2, 0.25) is 0 Å². The van der Waals surface area contributed by atoms with Crippen molar-refractivity contribution in [3.8, 4) is 5.75 Å². The number of benzene rings is 2. The number of carbonyl (C=O) groups is 1. The van der Waals surface area contributed by atoms with Crippen LogP contribution in [0.5, 0.6) is 5.75 Å². The number of hydrogen-bond acceptors (Lipinski definition) is 6. The number of para-hydroxylation sites is 3. The summed E-state index contributed by atoms with van der Waals surface area (Å²) in [5.41, 5.74) is 1.91. The first-order valence-corrected chi connectivity index (χ1v) is 7.94. The topological polar surface area (TPSA) is 87.7 Å². The summed E-state index contributed by atoms with van der Waals surface area (Å²) in [6, 6.07) is 14.3. The van der Waals surface area contributed by atoms with Crippen LogP contribution < -0.4 is 5.32 Å². The van der Waals surface area contributed by atoms with Gasteiger partial charge in [-0.2, -0.15) is 9.98 Å². The van der Waals surface area contributed by atoms with E-state index >= 15 is 0 Å². The van der Waals surface area contributed by atoms with Crippen LogP contribution in [0, 0.1) is 0 Å². The average Bonchev–Trinajstić information content (AvgIpc) is 3.12. The van der Waals surface area contributed by atoms with Crippen LogP contribution in [-0.2, 0) is 4.79 Å². The standard InChI is InChI=1S/C17H11N3O3S/c21-12-7-3-1-5-10(12)9-14-15(22)19-17(24-14)20-16-18-11-6-2-4-8-13(11)23-16/h1-9,21H,(H,18,19,20,22)/b14-9-. The summed E-state index contributed by atoms with van der Waals surface area (Å²) in [4.78, 5) is 21.0. The summed E-state index contributed by atoms with van der Waals surface area (Å²) in [7, 11) is 0. The third kappa shape index (κ3) is 2.77. The number of nitrogens with zero attached hydrogens (tertiary/aromatic N) is 2. The number of aromatic nitrogens is 1. The van der Waals surface area contributed by atoms with E-state index in [0.717, 1.165) is 0 Å². The highest BCUT2D eigenvalue weighted by molar-refractivity contribution is 8.18. The van der Waals surface area contributed by atoms with E-state index in [9.17, 15) is 9.90 Å². The van der Waals surface area contributed by atoms with E-state index < -0.39 is 0 Å². The molecule has 1 amide bonds. The molecule has 118 valence electrons. The number of rotatable bonds is 2. The summed E-state index contributed by atoms with van der Waals surface area (Å²) in [5.74, 6) is -0.166. The Hall–Kier alpha value is -3.06. The van der Waals surface area contributed by atoms with Gasteiger partial charge in [-0.1, -0.05) is 30.3 Å².